The summed E-state index contributed by atoms with van der Waals surface area (Å²) in [5, 5.41) is 0. The first-order chi connectivity index (χ1) is 12.8. The van der Waals surface area contributed by atoms with Crippen LogP contribution >= 0.6 is 7.60 Å². The van der Waals surface area contributed by atoms with Gasteiger partial charge in [-0.15, -0.1) is 0 Å². The zero-order valence-corrected chi connectivity index (χ0v) is 16.9. The van der Waals surface area contributed by atoms with Crippen molar-refractivity contribution >= 4 is 7.60 Å². The molecule has 7 heteroatoms. The van der Waals surface area contributed by atoms with E-state index in [4.69, 9.17) is 14.5 Å². The van der Waals surface area contributed by atoms with Gasteiger partial charge in [0.2, 0.25) is 5.82 Å². The summed E-state index contributed by atoms with van der Waals surface area (Å²) < 4.78 is 44.8. The van der Waals surface area contributed by atoms with Gasteiger partial charge in [-0.05, 0) is 55.6 Å². The second-order valence-corrected chi connectivity index (χ2v) is 9.36. The molecule has 0 bridgehead atoms. The van der Waals surface area contributed by atoms with Crippen molar-refractivity contribution in [1.82, 2.24) is 0 Å². The van der Waals surface area contributed by atoms with Gasteiger partial charge in [0.1, 0.15) is 0 Å². The second kappa shape index (κ2) is 10.5. The average molecular weight is 404 g/mol. The van der Waals surface area contributed by atoms with Crippen LogP contribution in [0.4, 0.5) is 8.78 Å². The molecule has 0 saturated heterocycles. The molecule has 1 aromatic carbocycles. The Bertz CT molecular complexity index is 639. The molecule has 1 aromatic rings. The molecular formula is C20H31F2O4P. The molecule has 0 atom stereocenters. The summed E-state index contributed by atoms with van der Waals surface area (Å²) in [6.45, 7) is 2.13. The summed E-state index contributed by atoms with van der Waals surface area (Å²) >= 11 is 0. The Hall–Kier alpha value is -0.970. The normalized spacial score (nSPS) is 20.6. The van der Waals surface area contributed by atoms with Gasteiger partial charge < -0.3 is 14.5 Å². The molecule has 0 unspecified atom stereocenters. The SMILES string of the molecule is CCCCCC1CCC(c2ccc(OCCCP(=O)(O)O)c(F)c2F)CC1. The Morgan fingerprint density at radius 1 is 1.07 bits per heavy atom. The monoisotopic (exact) mass is 404 g/mol. The van der Waals surface area contributed by atoms with E-state index >= 15 is 0 Å². The quantitative estimate of drug-likeness (QED) is 0.384. The van der Waals surface area contributed by atoms with Crippen molar-refractivity contribution in [3.8, 4) is 5.75 Å². The van der Waals surface area contributed by atoms with Gasteiger partial charge in [0.25, 0.3) is 0 Å². The number of unbranched alkanes of at least 4 members (excludes halogenated alkanes) is 2. The number of hydrogen-bond acceptors (Lipinski definition) is 2. The van der Waals surface area contributed by atoms with Crippen molar-refractivity contribution in [3.63, 3.8) is 0 Å². The molecule has 2 rings (SSSR count). The lowest BCUT2D eigenvalue weighted by Crippen LogP contribution is -2.15. The summed E-state index contributed by atoms with van der Waals surface area (Å²) in [7, 11) is -4.10. The highest BCUT2D eigenvalue weighted by atomic mass is 31.2. The molecule has 1 fully saturated rings. The van der Waals surface area contributed by atoms with Crippen LogP contribution in [0.1, 0.15) is 76.2 Å². The molecule has 0 amide bonds. The van der Waals surface area contributed by atoms with E-state index in [1.165, 1.54) is 31.7 Å². The minimum absolute atomic E-state index is 0.0469. The molecule has 0 aliphatic heterocycles. The average Bonchev–Trinajstić information content (AvgIpc) is 2.62. The summed E-state index contributed by atoms with van der Waals surface area (Å²) in [6.07, 6.45) is 8.61. The first-order valence-electron chi connectivity index (χ1n) is 9.97. The van der Waals surface area contributed by atoms with Crippen LogP contribution < -0.4 is 4.74 Å². The van der Waals surface area contributed by atoms with Gasteiger partial charge in [-0.3, -0.25) is 4.57 Å². The molecule has 2 N–H and O–H groups in total. The van der Waals surface area contributed by atoms with Crippen LogP contribution in [0.25, 0.3) is 0 Å². The Kier molecular flexibility index (Phi) is 8.71. The van der Waals surface area contributed by atoms with Crippen molar-refractivity contribution in [3.05, 3.63) is 29.3 Å². The van der Waals surface area contributed by atoms with Crippen molar-refractivity contribution in [2.24, 2.45) is 5.92 Å². The van der Waals surface area contributed by atoms with E-state index in [1.807, 2.05) is 0 Å². The van der Waals surface area contributed by atoms with Crippen LogP contribution in [0.2, 0.25) is 0 Å². The molecule has 1 saturated carbocycles. The smallest absolute Gasteiger partial charge is 0.325 e. The fourth-order valence-corrected chi connectivity index (χ4v) is 4.41. The fourth-order valence-electron chi connectivity index (χ4n) is 3.87. The number of rotatable bonds is 10. The van der Waals surface area contributed by atoms with Crippen LogP contribution in [0.15, 0.2) is 12.1 Å². The maximum Gasteiger partial charge on any atom is 0.325 e. The predicted molar refractivity (Wildman–Crippen MR) is 102 cm³/mol. The van der Waals surface area contributed by atoms with Crippen molar-refractivity contribution < 1.29 is 27.9 Å². The van der Waals surface area contributed by atoms with E-state index in [0.29, 0.717) is 11.5 Å². The van der Waals surface area contributed by atoms with E-state index < -0.39 is 19.2 Å². The van der Waals surface area contributed by atoms with Gasteiger partial charge >= 0.3 is 7.60 Å². The van der Waals surface area contributed by atoms with Crippen molar-refractivity contribution in [2.45, 2.75) is 70.6 Å². The third-order valence-electron chi connectivity index (χ3n) is 5.43. The van der Waals surface area contributed by atoms with Crippen LogP contribution in [0, 0.1) is 17.6 Å². The number of halogens is 2. The van der Waals surface area contributed by atoms with Gasteiger partial charge in [0, 0.05) is 0 Å². The molecule has 0 aromatic heterocycles. The molecule has 154 valence electrons. The Morgan fingerprint density at radius 3 is 2.41 bits per heavy atom. The van der Waals surface area contributed by atoms with E-state index in [1.54, 1.807) is 6.07 Å². The summed E-state index contributed by atoms with van der Waals surface area (Å²) in [6, 6.07) is 3.03. The Labute approximate surface area is 160 Å². The first kappa shape index (κ1) is 22.3. The molecule has 4 nitrogen and oxygen atoms in total. The molecule has 27 heavy (non-hydrogen) atoms. The summed E-state index contributed by atoms with van der Waals surface area (Å²) in [4.78, 5) is 17.6. The van der Waals surface area contributed by atoms with Crippen molar-refractivity contribution in [2.75, 3.05) is 12.8 Å². The standard InChI is InChI=1S/C20H31F2O4P/c1-2-3-4-6-15-7-9-16(10-8-15)17-11-12-18(20(22)19(17)21)26-13-5-14-27(23,24)25/h11-12,15-16H,2-10,13-14H2,1H3,(H2,23,24,25). The first-order valence-corrected chi connectivity index (χ1v) is 11.8. The highest BCUT2D eigenvalue weighted by Gasteiger charge is 2.26. The zero-order chi connectivity index (χ0) is 19.9. The van der Waals surface area contributed by atoms with Gasteiger partial charge in [-0.1, -0.05) is 38.7 Å². The largest absolute Gasteiger partial charge is 0.490 e. The van der Waals surface area contributed by atoms with Gasteiger partial charge in [-0.2, -0.15) is 4.39 Å². The van der Waals surface area contributed by atoms with Crippen molar-refractivity contribution in [1.29, 1.82) is 0 Å². The molecular weight excluding hydrogens is 373 g/mol. The lowest BCUT2D eigenvalue weighted by Gasteiger charge is -2.29. The van der Waals surface area contributed by atoms with Crippen LogP contribution in [-0.4, -0.2) is 22.6 Å². The van der Waals surface area contributed by atoms with Crippen LogP contribution in [-0.2, 0) is 4.57 Å². The van der Waals surface area contributed by atoms with Crippen LogP contribution in [0.5, 0.6) is 5.75 Å². The molecule has 0 spiro atoms. The minimum atomic E-state index is -4.10. The van der Waals surface area contributed by atoms with E-state index in [2.05, 4.69) is 6.92 Å². The maximum atomic E-state index is 14.5. The highest BCUT2D eigenvalue weighted by Crippen LogP contribution is 2.40. The third-order valence-corrected chi connectivity index (χ3v) is 6.33. The van der Waals surface area contributed by atoms with Gasteiger partial charge in [0.15, 0.2) is 11.6 Å². The van der Waals surface area contributed by atoms with Crippen LogP contribution in [0.3, 0.4) is 0 Å². The molecule has 0 heterocycles. The fraction of sp³-hybridized carbons (Fsp3) is 0.700. The lowest BCUT2D eigenvalue weighted by molar-refractivity contribution is 0.283. The number of ether oxygens (including phenoxy) is 1. The zero-order valence-electron chi connectivity index (χ0n) is 16.0. The van der Waals surface area contributed by atoms with E-state index in [0.717, 1.165) is 25.7 Å². The topological polar surface area (TPSA) is 66.8 Å². The Morgan fingerprint density at radius 2 is 1.78 bits per heavy atom. The minimum Gasteiger partial charge on any atom is -0.490 e. The third kappa shape index (κ3) is 7.17. The van der Waals surface area contributed by atoms with Gasteiger partial charge in [0.05, 0.1) is 12.8 Å². The molecule has 1 aliphatic carbocycles. The highest BCUT2D eigenvalue weighted by molar-refractivity contribution is 7.51. The summed E-state index contributed by atoms with van der Waals surface area (Å²) in [5.74, 6) is -1.30. The lowest BCUT2D eigenvalue weighted by atomic mass is 9.77. The number of hydrogen-bond donors (Lipinski definition) is 2. The maximum absolute atomic E-state index is 14.5. The number of benzene rings is 1. The second-order valence-electron chi connectivity index (χ2n) is 7.58. The Balaban J connectivity index is 1.88. The molecule has 1 aliphatic rings. The van der Waals surface area contributed by atoms with E-state index in [-0.39, 0.29) is 30.9 Å². The molecule has 0 radical (unpaired) electrons. The summed E-state index contributed by atoms with van der Waals surface area (Å²) in [5.41, 5.74) is 0.419. The van der Waals surface area contributed by atoms with E-state index in [9.17, 15) is 13.3 Å². The predicted octanol–water partition coefficient (Wildman–Crippen LogP) is 5.77. The van der Waals surface area contributed by atoms with Gasteiger partial charge in [-0.25, -0.2) is 4.39 Å².